The third-order valence-corrected chi connectivity index (χ3v) is 8.66. The molecule has 0 radical (unpaired) electrons. The number of nitrogens with zero attached hydrogens (tertiary/aromatic N) is 1. The quantitative estimate of drug-likeness (QED) is 0.597. The van der Waals surface area contributed by atoms with Crippen LogP contribution >= 0.6 is 22.9 Å². The maximum Gasteiger partial charge on any atom is 0.226 e. The van der Waals surface area contributed by atoms with Gasteiger partial charge >= 0.3 is 0 Å². The Bertz CT molecular complexity index is 1190. The molecule has 1 aromatic heterocycles. The molecule has 0 aliphatic rings. The highest BCUT2D eigenvalue weighted by molar-refractivity contribution is 7.93. The van der Waals surface area contributed by atoms with Crippen LogP contribution in [0.1, 0.15) is 18.5 Å². The number of hydrogen-bond donors (Lipinski definition) is 1. The fraction of sp³-hybridized carbons (Fsp3) is 0.167. The normalized spacial score (nSPS) is 13.2. The van der Waals surface area contributed by atoms with Gasteiger partial charge < -0.3 is 5.32 Å². The summed E-state index contributed by atoms with van der Waals surface area (Å²) in [5.74, 6) is 0. The van der Waals surface area contributed by atoms with E-state index in [0.29, 0.717) is 5.02 Å². The van der Waals surface area contributed by atoms with Gasteiger partial charge in [0.15, 0.2) is 5.03 Å². The minimum Gasteiger partial charge on any atom is -0.368 e. The predicted octanol–water partition coefficient (Wildman–Crippen LogP) is 4.21. The summed E-state index contributed by atoms with van der Waals surface area (Å²) in [4.78, 5) is 3.93. The van der Waals surface area contributed by atoms with Crippen LogP contribution in [-0.4, -0.2) is 28.1 Å². The topological polar surface area (TPSA) is 93.2 Å². The molecule has 28 heavy (non-hydrogen) atoms. The number of aromatic nitrogens is 1. The molecule has 3 rings (SSSR count). The Kier molecular flexibility index (Phi) is 5.81. The molecule has 3 aromatic rings. The summed E-state index contributed by atoms with van der Waals surface area (Å²) >= 11 is 6.64. The van der Waals surface area contributed by atoms with E-state index < -0.39 is 19.7 Å². The molecule has 1 atom stereocenters. The van der Waals surface area contributed by atoms with Crippen molar-refractivity contribution in [3.8, 4) is 0 Å². The largest absolute Gasteiger partial charge is 0.368 e. The summed E-state index contributed by atoms with van der Waals surface area (Å²) in [5.41, 5.74) is 0.923. The van der Waals surface area contributed by atoms with Crippen molar-refractivity contribution in [3.05, 3.63) is 65.2 Å². The highest BCUT2D eigenvalue weighted by Gasteiger charge is 2.29. The Balaban J connectivity index is 2.09. The van der Waals surface area contributed by atoms with Gasteiger partial charge in [0.25, 0.3) is 0 Å². The zero-order chi connectivity index (χ0) is 20.5. The fourth-order valence-electron chi connectivity index (χ4n) is 2.47. The molecule has 0 bridgehead atoms. The van der Waals surface area contributed by atoms with Gasteiger partial charge in [-0.1, -0.05) is 53.3 Å². The second-order valence-electron chi connectivity index (χ2n) is 6.12. The number of hydrogen-bond acceptors (Lipinski definition) is 7. The van der Waals surface area contributed by atoms with E-state index >= 15 is 0 Å². The number of nitrogens with one attached hydrogen (secondary N) is 1. The van der Waals surface area contributed by atoms with Gasteiger partial charge in [0.1, 0.15) is 5.00 Å². The van der Waals surface area contributed by atoms with Crippen LogP contribution in [0.3, 0.4) is 0 Å². The molecule has 1 heterocycles. The molecule has 148 valence electrons. The van der Waals surface area contributed by atoms with Crippen molar-refractivity contribution in [2.24, 2.45) is 0 Å². The Morgan fingerprint density at radius 2 is 1.61 bits per heavy atom. The Labute approximate surface area is 173 Å². The third-order valence-electron chi connectivity index (χ3n) is 3.92. The molecule has 1 N–H and O–H groups in total. The highest BCUT2D eigenvalue weighted by Crippen LogP contribution is 2.36. The number of halogens is 1. The minimum absolute atomic E-state index is 0.0161. The first-order valence-corrected chi connectivity index (χ1v) is 12.7. The average Bonchev–Trinajstić information content (AvgIpc) is 3.08. The summed E-state index contributed by atoms with van der Waals surface area (Å²) in [7, 11) is -7.71. The Morgan fingerprint density at radius 3 is 2.18 bits per heavy atom. The number of rotatable bonds is 6. The lowest BCUT2D eigenvalue weighted by Crippen LogP contribution is -2.10. The third kappa shape index (κ3) is 4.38. The van der Waals surface area contributed by atoms with Crippen molar-refractivity contribution in [1.82, 2.24) is 4.98 Å². The van der Waals surface area contributed by atoms with Crippen LogP contribution in [-0.2, 0) is 19.7 Å². The van der Waals surface area contributed by atoms with E-state index in [4.69, 9.17) is 11.6 Å². The van der Waals surface area contributed by atoms with E-state index in [1.807, 2.05) is 37.3 Å². The molecule has 10 heteroatoms. The monoisotopic (exact) mass is 456 g/mol. The van der Waals surface area contributed by atoms with Crippen molar-refractivity contribution in [1.29, 1.82) is 0 Å². The van der Waals surface area contributed by atoms with Gasteiger partial charge in [0, 0.05) is 17.3 Å². The SMILES string of the molecule is C[C@@H](Nc1sc(S(C)(=O)=O)nc1S(=O)(=O)c1ccc(Cl)cc1)c1ccccc1. The number of sulfone groups is 2. The fourth-order valence-corrected chi connectivity index (χ4v) is 6.19. The lowest BCUT2D eigenvalue weighted by molar-refractivity contribution is 0.591. The standard InChI is InChI=1S/C18H17ClN2O4S3/c1-12(13-6-4-3-5-7-13)20-16-17(21-18(26-16)27(2,22)23)28(24,25)15-10-8-14(19)9-11-15/h3-12,20H,1-2H3/t12-/m1/s1. The number of benzene rings is 2. The van der Waals surface area contributed by atoms with Gasteiger partial charge in [-0.15, -0.1) is 0 Å². The second-order valence-corrected chi connectivity index (χ2v) is 11.6. The molecular formula is C18H17ClN2O4S3. The zero-order valence-corrected chi connectivity index (χ0v) is 18.2. The zero-order valence-electron chi connectivity index (χ0n) is 15.0. The second kappa shape index (κ2) is 7.82. The molecular weight excluding hydrogens is 440 g/mol. The van der Waals surface area contributed by atoms with Crippen LogP contribution in [0.4, 0.5) is 5.00 Å². The first-order chi connectivity index (χ1) is 13.1. The Hall–Kier alpha value is -1.94. The minimum atomic E-state index is -4.04. The van der Waals surface area contributed by atoms with Crippen LogP contribution < -0.4 is 5.32 Å². The average molecular weight is 457 g/mol. The molecule has 6 nitrogen and oxygen atoms in total. The highest BCUT2D eigenvalue weighted by atomic mass is 35.5. The molecule has 0 saturated carbocycles. The summed E-state index contributed by atoms with van der Waals surface area (Å²) in [6.07, 6.45) is 0.995. The van der Waals surface area contributed by atoms with Gasteiger partial charge in [-0.3, -0.25) is 0 Å². The van der Waals surface area contributed by atoms with Gasteiger partial charge in [-0.25, -0.2) is 21.8 Å². The van der Waals surface area contributed by atoms with E-state index in [1.165, 1.54) is 24.3 Å². The van der Waals surface area contributed by atoms with Crippen molar-refractivity contribution >= 4 is 47.6 Å². The van der Waals surface area contributed by atoms with Crippen LogP contribution in [0.2, 0.25) is 5.02 Å². The predicted molar refractivity (Wildman–Crippen MR) is 111 cm³/mol. The van der Waals surface area contributed by atoms with Gasteiger partial charge in [-0.05, 0) is 36.8 Å². The van der Waals surface area contributed by atoms with Crippen LogP contribution in [0.15, 0.2) is 68.9 Å². The summed E-state index contributed by atoms with van der Waals surface area (Å²) in [6.45, 7) is 1.86. The Morgan fingerprint density at radius 1 is 1.00 bits per heavy atom. The summed E-state index contributed by atoms with van der Waals surface area (Å²) in [6, 6.07) is 14.8. The number of thiazole rings is 1. The molecule has 0 unspecified atom stereocenters. The molecule has 0 spiro atoms. The maximum atomic E-state index is 13.1. The van der Waals surface area contributed by atoms with Crippen LogP contribution in [0, 0.1) is 0 Å². The van der Waals surface area contributed by atoms with Gasteiger partial charge in [0.05, 0.1) is 4.90 Å². The van der Waals surface area contributed by atoms with Crippen molar-refractivity contribution in [2.75, 3.05) is 11.6 Å². The molecule has 0 saturated heterocycles. The summed E-state index contributed by atoms with van der Waals surface area (Å²) < 4.78 is 49.9. The van der Waals surface area contributed by atoms with Crippen molar-refractivity contribution in [3.63, 3.8) is 0 Å². The van der Waals surface area contributed by atoms with Crippen LogP contribution in [0.5, 0.6) is 0 Å². The maximum absolute atomic E-state index is 13.1. The molecule has 0 aliphatic carbocycles. The van der Waals surface area contributed by atoms with Crippen molar-refractivity contribution in [2.45, 2.75) is 27.2 Å². The van der Waals surface area contributed by atoms with E-state index in [0.717, 1.165) is 23.2 Å². The molecule has 0 fully saturated rings. The first kappa shape index (κ1) is 20.8. The van der Waals surface area contributed by atoms with Gasteiger partial charge in [-0.2, -0.15) is 0 Å². The molecule has 2 aromatic carbocycles. The van der Waals surface area contributed by atoms with E-state index in [1.54, 1.807) is 0 Å². The molecule has 0 aliphatic heterocycles. The van der Waals surface area contributed by atoms with E-state index in [9.17, 15) is 16.8 Å². The first-order valence-electron chi connectivity index (χ1n) is 8.12. The van der Waals surface area contributed by atoms with Crippen LogP contribution in [0.25, 0.3) is 0 Å². The smallest absolute Gasteiger partial charge is 0.226 e. The molecule has 0 amide bonds. The van der Waals surface area contributed by atoms with E-state index in [2.05, 4.69) is 10.3 Å². The van der Waals surface area contributed by atoms with Gasteiger partial charge in [0.2, 0.25) is 24.0 Å². The lowest BCUT2D eigenvalue weighted by atomic mass is 10.1. The van der Waals surface area contributed by atoms with Crippen molar-refractivity contribution < 1.29 is 16.8 Å². The summed E-state index contributed by atoms with van der Waals surface area (Å²) in [5, 5.41) is 3.34. The van der Waals surface area contributed by atoms with E-state index in [-0.39, 0.29) is 25.3 Å². The lowest BCUT2D eigenvalue weighted by Gasteiger charge is -2.15. The number of anilines is 1.